The molecule has 1 aromatic rings. The quantitative estimate of drug-likeness (QED) is 0.631. The lowest BCUT2D eigenvalue weighted by molar-refractivity contribution is -0.384. The Balaban J connectivity index is 1.82. The van der Waals surface area contributed by atoms with Crippen LogP contribution >= 0.6 is 0 Å². The van der Waals surface area contributed by atoms with Crippen LogP contribution in [-0.4, -0.2) is 18.1 Å². The number of ether oxygens (including phenoxy) is 1. The normalized spacial score (nSPS) is 18.4. The average molecular weight is 262 g/mol. The summed E-state index contributed by atoms with van der Waals surface area (Å²) in [6.07, 6.45) is 5.11. The first kappa shape index (κ1) is 12.3. The smallest absolute Gasteiger partial charge is 0.275 e. The number of nitro groups is 1. The Bertz CT molecular complexity index is 483. The predicted molar refractivity (Wildman–Crippen MR) is 72.5 cm³/mol. The minimum Gasteiger partial charge on any atom is -0.496 e. The molecule has 2 saturated carbocycles. The van der Waals surface area contributed by atoms with E-state index in [1.54, 1.807) is 6.07 Å². The van der Waals surface area contributed by atoms with Gasteiger partial charge in [-0.15, -0.1) is 0 Å². The molecular formula is C14H18N2O3. The fourth-order valence-corrected chi connectivity index (χ4v) is 2.61. The third kappa shape index (κ3) is 2.80. The fourth-order valence-electron chi connectivity index (χ4n) is 2.61. The maximum absolute atomic E-state index is 10.9. The molecule has 102 valence electrons. The summed E-state index contributed by atoms with van der Waals surface area (Å²) in [5.41, 5.74) is 0.877. The molecule has 5 nitrogen and oxygen atoms in total. The highest BCUT2D eigenvalue weighted by Gasteiger charge is 2.41. The fraction of sp³-hybridized carbons (Fsp3) is 0.571. The van der Waals surface area contributed by atoms with Crippen molar-refractivity contribution >= 4 is 11.4 Å². The first-order valence-corrected chi connectivity index (χ1v) is 6.77. The van der Waals surface area contributed by atoms with Crippen molar-refractivity contribution in [1.82, 2.24) is 0 Å². The van der Waals surface area contributed by atoms with Crippen LogP contribution in [0.2, 0.25) is 0 Å². The molecule has 0 amide bonds. The highest BCUT2D eigenvalue weighted by Crippen LogP contribution is 2.46. The van der Waals surface area contributed by atoms with Crippen LogP contribution in [0.4, 0.5) is 11.4 Å². The number of nitrogens with zero attached hydrogens (tertiary/aromatic N) is 1. The van der Waals surface area contributed by atoms with Crippen LogP contribution < -0.4 is 10.1 Å². The maximum Gasteiger partial charge on any atom is 0.275 e. The number of rotatable bonds is 6. The van der Waals surface area contributed by atoms with E-state index in [0.717, 1.165) is 17.5 Å². The third-order valence-electron chi connectivity index (χ3n) is 3.93. The zero-order chi connectivity index (χ0) is 13.4. The van der Waals surface area contributed by atoms with Gasteiger partial charge in [-0.25, -0.2) is 0 Å². The van der Waals surface area contributed by atoms with Gasteiger partial charge in [-0.05, 0) is 37.5 Å². The predicted octanol–water partition coefficient (Wildman–Crippen LogP) is 3.20. The molecule has 0 aromatic heterocycles. The van der Waals surface area contributed by atoms with Gasteiger partial charge in [0.15, 0.2) is 0 Å². The van der Waals surface area contributed by atoms with Gasteiger partial charge in [0.2, 0.25) is 0 Å². The molecule has 1 aromatic carbocycles. The molecular weight excluding hydrogens is 244 g/mol. The van der Waals surface area contributed by atoms with Crippen LogP contribution in [0.25, 0.3) is 0 Å². The van der Waals surface area contributed by atoms with E-state index < -0.39 is 0 Å². The molecule has 0 bridgehead atoms. The topological polar surface area (TPSA) is 64.4 Å². The van der Waals surface area contributed by atoms with Crippen LogP contribution in [0, 0.1) is 22.0 Å². The van der Waals surface area contributed by atoms with E-state index in [4.69, 9.17) is 4.74 Å². The molecule has 0 saturated heterocycles. The first-order valence-electron chi connectivity index (χ1n) is 6.77. The molecule has 0 spiro atoms. The van der Waals surface area contributed by atoms with Crippen molar-refractivity contribution in [2.45, 2.75) is 31.7 Å². The summed E-state index contributed by atoms with van der Waals surface area (Å²) >= 11 is 0. The van der Waals surface area contributed by atoms with E-state index in [-0.39, 0.29) is 10.6 Å². The molecule has 3 rings (SSSR count). The molecule has 2 fully saturated rings. The average Bonchev–Trinajstić information content (AvgIpc) is 3.28. The highest BCUT2D eigenvalue weighted by molar-refractivity contribution is 5.57. The van der Waals surface area contributed by atoms with Gasteiger partial charge in [0.05, 0.1) is 18.1 Å². The number of hydrogen-bond acceptors (Lipinski definition) is 4. The van der Waals surface area contributed by atoms with Gasteiger partial charge in [-0.3, -0.25) is 10.1 Å². The summed E-state index contributed by atoms with van der Waals surface area (Å²) in [7, 11) is 1.53. The maximum atomic E-state index is 10.9. The first-order chi connectivity index (χ1) is 9.17. The van der Waals surface area contributed by atoms with Gasteiger partial charge in [0.25, 0.3) is 5.69 Å². The summed E-state index contributed by atoms with van der Waals surface area (Å²) in [6.45, 7) is 0. The van der Waals surface area contributed by atoms with Crippen LogP contribution in [0.15, 0.2) is 18.2 Å². The van der Waals surface area contributed by atoms with E-state index in [9.17, 15) is 10.1 Å². The minimum atomic E-state index is -0.378. The van der Waals surface area contributed by atoms with Gasteiger partial charge in [-0.2, -0.15) is 0 Å². The lowest BCUT2D eigenvalue weighted by Gasteiger charge is -2.19. The van der Waals surface area contributed by atoms with Crippen molar-refractivity contribution < 1.29 is 9.66 Å². The second-order valence-corrected chi connectivity index (χ2v) is 5.52. The number of methoxy groups -OCH3 is 1. The second-order valence-electron chi connectivity index (χ2n) is 5.52. The molecule has 5 heteroatoms. The summed E-state index contributed by atoms with van der Waals surface area (Å²) in [5.74, 6) is 2.03. The Hall–Kier alpha value is -1.78. The molecule has 1 N–H and O–H groups in total. The SMILES string of the molecule is COc1cc(NC(C2CC2)C2CC2)cc([N+](=O)[O-])c1. The molecule has 0 atom stereocenters. The Labute approximate surface area is 112 Å². The van der Waals surface area contributed by atoms with Gasteiger partial charge >= 0.3 is 0 Å². The van der Waals surface area contributed by atoms with Crippen molar-refractivity contribution in [3.8, 4) is 5.75 Å². The Kier molecular flexibility index (Phi) is 3.05. The van der Waals surface area contributed by atoms with E-state index >= 15 is 0 Å². The largest absolute Gasteiger partial charge is 0.496 e. The summed E-state index contributed by atoms with van der Waals surface area (Å²) < 4.78 is 5.14. The lowest BCUT2D eigenvalue weighted by Crippen LogP contribution is -2.24. The van der Waals surface area contributed by atoms with Crippen LogP contribution in [0.1, 0.15) is 25.7 Å². The van der Waals surface area contributed by atoms with Crippen LogP contribution in [-0.2, 0) is 0 Å². The minimum absolute atomic E-state index is 0.0761. The van der Waals surface area contributed by atoms with Crippen molar-refractivity contribution in [2.24, 2.45) is 11.8 Å². The van der Waals surface area contributed by atoms with E-state index in [2.05, 4.69) is 5.32 Å². The zero-order valence-electron chi connectivity index (χ0n) is 11.0. The lowest BCUT2D eigenvalue weighted by atomic mass is 10.1. The number of non-ortho nitro benzene ring substituents is 1. The molecule has 19 heavy (non-hydrogen) atoms. The summed E-state index contributed by atoms with van der Waals surface area (Å²) in [4.78, 5) is 10.5. The molecule has 0 aliphatic heterocycles. The van der Waals surface area contributed by atoms with Crippen molar-refractivity contribution in [1.29, 1.82) is 0 Å². The van der Waals surface area contributed by atoms with E-state index in [1.807, 2.05) is 6.07 Å². The van der Waals surface area contributed by atoms with Crippen molar-refractivity contribution in [2.75, 3.05) is 12.4 Å². The van der Waals surface area contributed by atoms with Gasteiger partial charge in [-0.1, -0.05) is 0 Å². The number of nitrogens with one attached hydrogen (secondary N) is 1. The van der Waals surface area contributed by atoms with E-state index in [1.165, 1.54) is 38.9 Å². The molecule has 2 aliphatic rings. The summed E-state index contributed by atoms with van der Waals surface area (Å²) in [5, 5.41) is 14.4. The van der Waals surface area contributed by atoms with Gasteiger partial charge in [0, 0.05) is 23.9 Å². The molecule has 2 aliphatic carbocycles. The Morgan fingerprint density at radius 1 is 1.26 bits per heavy atom. The van der Waals surface area contributed by atoms with Crippen molar-refractivity contribution in [3.63, 3.8) is 0 Å². The van der Waals surface area contributed by atoms with Crippen LogP contribution in [0.3, 0.4) is 0 Å². The monoisotopic (exact) mass is 262 g/mol. The molecule has 0 heterocycles. The second kappa shape index (κ2) is 4.72. The van der Waals surface area contributed by atoms with Crippen molar-refractivity contribution in [3.05, 3.63) is 28.3 Å². The Morgan fingerprint density at radius 3 is 2.37 bits per heavy atom. The molecule has 0 radical (unpaired) electrons. The van der Waals surface area contributed by atoms with Gasteiger partial charge in [0.1, 0.15) is 5.75 Å². The highest BCUT2D eigenvalue weighted by atomic mass is 16.6. The molecule has 0 unspecified atom stereocenters. The number of benzene rings is 1. The number of hydrogen-bond donors (Lipinski definition) is 1. The van der Waals surface area contributed by atoms with E-state index in [0.29, 0.717) is 11.8 Å². The van der Waals surface area contributed by atoms with Gasteiger partial charge < -0.3 is 10.1 Å². The van der Waals surface area contributed by atoms with Crippen LogP contribution in [0.5, 0.6) is 5.75 Å². The zero-order valence-corrected chi connectivity index (χ0v) is 11.0. The third-order valence-corrected chi connectivity index (χ3v) is 3.93. The standard InChI is InChI=1S/C14H18N2O3/c1-19-13-7-11(6-12(8-13)16(17)18)15-14(9-2-3-9)10-4-5-10/h6-10,14-15H,2-5H2,1H3. The number of nitro benzene ring substituents is 1. The summed E-state index contributed by atoms with van der Waals surface area (Å²) in [6, 6.07) is 5.37. The Morgan fingerprint density at radius 2 is 1.89 bits per heavy atom. The number of anilines is 1.